The topological polar surface area (TPSA) is 63.2 Å². The van der Waals surface area contributed by atoms with E-state index in [4.69, 9.17) is 16.3 Å². The number of nitrogens with zero attached hydrogens (tertiary/aromatic N) is 1. The number of rotatable bonds is 7. The number of benzene rings is 2. The van der Waals surface area contributed by atoms with E-state index in [9.17, 15) is 4.79 Å². The van der Waals surface area contributed by atoms with Gasteiger partial charge in [-0.1, -0.05) is 23.7 Å². The molecular weight excluding hydrogens is 370 g/mol. The van der Waals surface area contributed by atoms with E-state index in [0.29, 0.717) is 30.5 Å². The van der Waals surface area contributed by atoms with Gasteiger partial charge in [0.05, 0.1) is 15.2 Å². The van der Waals surface area contributed by atoms with Gasteiger partial charge >= 0.3 is 6.03 Å². The third-order valence-electron chi connectivity index (χ3n) is 3.71. The molecule has 0 unspecified atom stereocenters. The van der Waals surface area contributed by atoms with E-state index in [1.165, 1.54) is 0 Å². The SMILES string of the molecule is CCOCCCNC(=O)Nc1ccc(-c2nc3ccccc3s2)c(Cl)c1. The van der Waals surface area contributed by atoms with Crippen LogP contribution in [0, 0.1) is 0 Å². The second kappa shape index (κ2) is 8.98. The molecule has 136 valence electrons. The molecule has 0 aliphatic heterocycles. The van der Waals surface area contributed by atoms with Gasteiger partial charge in [-0.3, -0.25) is 0 Å². The Morgan fingerprint density at radius 2 is 2.12 bits per heavy atom. The minimum absolute atomic E-state index is 0.259. The minimum Gasteiger partial charge on any atom is -0.382 e. The number of urea groups is 1. The number of amides is 2. The van der Waals surface area contributed by atoms with E-state index >= 15 is 0 Å². The number of carbonyl (C=O) groups excluding carboxylic acids is 1. The molecule has 0 fully saturated rings. The van der Waals surface area contributed by atoms with Crippen LogP contribution < -0.4 is 10.6 Å². The van der Waals surface area contributed by atoms with Gasteiger partial charge in [0.1, 0.15) is 5.01 Å². The molecular formula is C19H20ClN3O2S. The highest BCUT2D eigenvalue weighted by atomic mass is 35.5. The lowest BCUT2D eigenvalue weighted by Crippen LogP contribution is -2.30. The predicted molar refractivity (Wildman–Crippen MR) is 108 cm³/mol. The lowest BCUT2D eigenvalue weighted by atomic mass is 10.2. The van der Waals surface area contributed by atoms with E-state index in [2.05, 4.69) is 15.6 Å². The molecule has 2 amide bonds. The fourth-order valence-corrected chi connectivity index (χ4v) is 3.78. The van der Waals surface area contributed by atoms with Crippen LogP contribution in [0.25, 0.3) is 20.8 Å². The average molecular weight is 390 g/mol. The van der Waals surface area contributed by atoms with E-state index < -0.39 is 0 Å². The fourth-order valence-electron chi connectivity index (χ4n) is 2.45. The van der Waals surface area contributed by atoms with E-state index in [-0.39, 0.29) is 6.03 Å². The molecule has 0 aliphatic carbocycles. The molecule has 7 heteroatoms. The Morgan fingerprint density at radius 3 is 2.88 bits per heavy atom. The third kappa shape index (κ3) is 4.72. The number of hydrogen-bond donors (Lipinski definition) is 2. The summed E-state index contributed by atoms with van der Waals surface area (Å²) in [6, 6.07) is 13.2. The number of halogens is 1. The lowest BCUT2D eigenvalue weighted by Gasteiger charge is -2.09. The summed E-state index contributed by atoms with van der Waals surface area (Å²) in [6.45, 7) is 3.83. The molecule has 5 nitrogen and oxygen atoms in total. The second-order valence-corrected chi connectivity index (χ2v) is 7.05. The van der Waals surface area contributed by atoms with Crippen molar-refractivity contribution in [2.75, 3.05) is 25.1 Å². The van der Waals surface area contributed by atoms with Gasteiger partial charge in [-0.25, -0.2) is 9.78 Å². The molecule has 0 spiro atoms. The first-order valence-corrected chi connectivity index (χ1v) is 9.65. The maximum absolute atomic E-state index is 11.9. The van der Waals surface area contributed by atoms with Crippen LogP contribution in [0.5, 0.6) is 0 Å². The van der Waals surface area contributed by atoms with Crippen LogP contribution in [0.3, 0.4) is 0 Å². The monoisotopic (exact) mass is 389 g/mol. The molecule has 2 N–H and O–H groups in total. The van der Waals surface area contributed by atoms with E-state index in [0.717, 1.165) is 27.2 Å². The first-order chi connectivity index (χ1) is 12.7. The van der Waals surface area contributed by atoms with E-state index in [1.807, 2.05) is 43.3 Å². The molecule has 26 heavy (non-hydrogen) atoms. The molecule has 0 aliphatic rings. The summed E-state index contributed by atoms with van der Waals surface area (Å²) in [5.41, 5.74) is 2.45. The number of hydrogen-bond acceptors (Lipinski definition) is 4. The van der Waals surface area contributed by atoms with Crippen molar-refractivity contribution < 1.29 is 9.53 Å². The van der Waals surface area contributed by atoms with Crippen molar-refractivity contribution in [3.05, 3.63) is 47.5 Å². The number of ether oxygens (including phenoxy) is 1. The van der Waals surface area contributed by atoms with Crippen molar-refractivity contribution in [2.45, 2.75) is 13.3 Å². The number of para-hydroxylation sites is 1. The van der Waals surface area contributed by atoms with Crippen LogP contribution in [0.2, 0.25) is 5.02 Å². The molecule has 3 aromatic rings. The summed E-state index contributed by atoms with van der Waals surface area (Å²) in [6.07, 6.45) is 0.776. The summed E-state index contributed by atoms with van der Waals surface area (Å²) < 4.78 is 6.35. The molecule has 0 atom stereocenters. The van der Waals surface area contributed by atoms with Crippen molar-refractivity contribution >= 4 is 44.9 Å². The zero-order valence-corrected chi connectivity index (χ0v) is 16.0. The number of carbonyl (C=O) groups is 1. The summed E-state index contributed by atoms with van der Waals surface area (Å²) in [7, 11) is 0. The Hall–Kier alpha value is -2.15. The lowest BCUT2D eigenvalue weighted by molar-refractivity contribution is 0.145. The zero-order chi connectivity index (χ0) is 18.4. The van der Waals surface area contributed by atoms with Crippen LogP contribution in [0.4, 0.5) is 10.5 Å². The van der Waals surface area contributed by atoms with Gasteiger partial charge in [-0.2, -0.15) is 0 Å². The van der Waals surface area contributed by atoms with Gasteiger partial charge in [0.15, 0.2) is 0 Å². The maximum Gasteiger partial charge on any atom is 0.319 e. The van der Waals surface area contributed by atoms with Gasteiger partial charge in [0, 0.05) is 31.0 Å². The summed E-state index contributed by atoms with van der Waals surface area (Å²) >= 11 is 8.01. The average Bonchev–Trinajstić information content (AvgIpc) is 3.05. The minimum atomic E-state index is -0.259. The normalized spacial score (nSPS) is 10.8. The Kier molecular flexibility index (Phi) is 6.44. The van der Waals surface area contributed by atoms with Crippen molar-refractivity contribution in [3.63, 3.8) is 0 Å². The smallest absolute Gasteiger partial charge is 0.319 e. The molecule has 1 heterocycles. The van der Waals surface area contributed by atoms with Gasteiger partial charge in [0.2, 0.25) is 0 Å². The molecule has 3 rings (SSSR count). The molecule has 0 saturated heterocycles. The molecule has 0 saturated carbocycles. The first kappa shape index (κ1) is 18.6. The van der Waals surface area contributed by atoms with Crippen molar-refractivity contribution in [1.29, 1.82) is 0 Å². The quantitative estimate of drug-likeness (QED) is 0.548. The molecule has 1 aromatic heterocycles. The largest absolute Gasteiger partial charge is 0.382 e. The standard InChI is InChI=1S/C19H20ClN3O2S/c1-2-25-11-5-10-21-19(24)22-13-8-9-14(15(20)12-13)18-23-16-6-3-4-7-17(16)26-18/h3-4,6-9,12H,2,5,10-11H2,1H3,(H2,21,22,24). The Bertz CT molecular complexity index is 864. The summed E-state index contributed by atoms with van der Waals surface area (Å²) in [5, 5.41) is 6.99. The first-order valence-electron chi connectivity index (χ1n) is 8.45. The molecule has 0 bridgehead atoms. The van der Waals surface area contributed by atoms with Crippen molar-refractivity contribution in [1.82, 2.24) is 10.3 Å². The van der Waals surface area contributed by atoms with Gasteiger partial charge in [0.25, 0.3) is 0 Å². The molecule has 2 aromatic carbocycles. The zero-order valence-electron chi connectivity index (χ0n) is 14.4. The Morgan fingerprint density at radius 1 is 1.27 bits per heavy atom. The second-order valence-electron chi connectivity index (χ2n) is 5.61. The predicted octanol–water partition coefficient (Wildman–Crippen LogP) is 5.16. The van der Waals surface area contributed by atoms with Gasteiger partial charge in [-0.15, -0.1) is 11.3 Å². The van der Waals surface area contributed by atoms with Crippen molar-refractivity contribution in [3.8, 4) is 10.6 Å². The van der Waals surface area contributed by atoms with Gasteiger partial charge in [-0.05, 0) is 43.7 Å². The Labute approximate surface area is 161 Å². The van der Waals surface area contributed by atoms with E-state index in [1.54, 1.807) is 17.4 Å². The highest BCUT2D eigenvalue weighted by molar-refractivity contribution is 7.21. The third-order valence-corrected chi connectivity index (χ3v) is 5.09. The number of fused-ring (bicyclic) bond motifs is 1. The van der Waals surface area contributed by atoms with Crippen LogP contribution in [-0.4, -0.2) is 30.8 Å². The van der Waals surface area contributed by atoms with Crippen molar-refractivity contribution in [2.24, 2.45) is 0 Å². The fraction of sp³-hybridized carbons (Fsp3) is 0.263. The van der Waals surface area contributed by atoms with Gasteiger partial charge < -0.3 is 15.4 Å². The number of thiazole rings is 1. The highest BCUT2D eigenvalue weighted by Gasteiger charge is 2.11. The van der Waals surface area contributed by atoms with Crippen LogP contribution in [0.15, 0.2) is 42.5 Å². The molecule has 0 radical (unpaired) electrons. The summed E-state index contributed by atoms with van der Waals surface area (Å²) in [5.74, 6) is 0. The summed E-state index contributed by atoms with van der Waals surface area (Å²) in [4.78, 5) is 16.5. The van der Waals surface area contributed by atoms with Crippen LogP contribution >= 0.6 is 22.9 Å². The van der Waals surface area contributed by atoms with Crippen LogP contribution in [0.1, 0.15) is 13.3 Å². The highest BCUT2D eigenvalue weighted by Crippen LogP contribution is 2.35. The number of nitrogens with one attached hydrogen (secondary N) is 2. The maximum atomic E-state index is 11.9. The number of aromatic nitrogens is 1. The Balaban J connectivity index is 1.63. The van der Waals surface area contributed by atoms with Crippen LogP contribution in [-0.2, 0) is 4.74 Å². The number of anilines is 1.